The minimum atomic E-state index is -0.481. The number of nitro groups is 1. The molecule has 0 saturated heterocycles. The zero-order valence-electron chi connectivity index (χ0n) is 12.9. The summed E-state index contributed by atoms with van der Waals surface area (Å²) in [4.78, 5) is 10.2. The van der Waals surface area contributed by atoms with Gasteiger partial charge in [0, 0.05) is 12.1 Å². The van der Waals surface area contributed by atoms with Gasteiger partial charge in [0.15, 0.2) is 0 Å². The van der Waals surface area contributed by atoms with Gasteiger partial charge in [-0.2, -0.15) is 0 Å². The Hall–Kier alpha value is -2.18. The van der Waals surface area contributed by atoms with Crippen molar-refractivity contribution >= 4 is 11.4 Å². The van der Waals surface area contributed by atoms with Crippen molar-refractivity contribution in [3.05, 3.63) is 58.2 Å². The van der Waals surface area contributed by atoms with Crippen molar-refractivity contribution in [2.75, 3.05) is 11.7 Å². The number of aliphatic hydroxyl groups excluding tert-OH is 1. The maximum absolute atomic E-state index is 10.7. The van der Waals surface area contributed by atoms with Gasteiger partial charge in [-0.25, -0.2) is 5.06 Å². The first-order valence-electron chi connectivity index (χ1n) is 7.01. The number of benzene rings is 1. The maximum Gasteiger partial charge on any atom is 0.269 e. The van der Waals surface area contributed by atoms with Crippen molar-refractivity contribution in [1.29, 1.82) is 0 Å². The molecule has 22 heavy (non-hydrogen) atoms. The molecule has 0 spiro atoms. The Balaban J connectivity index is 2.84. The van der Waals surface area contributed by atoms with E-state index >= 15 is 0 Å². The van der Waals surface area contributed by atoms with Gasteiger partial charge in [0.2, 0.25) is 0 Å². The van der Waals surface area contributed by atoms with Crippen LogP contribution in [-0.4, -0.2) is 27.9 Å². The Morgan fingerprint density at radius 1 is 1.41 bits per heavy atom. The van der Waals surface area contributed by atoms with Gasteiger partial charge in [-0.3, -0.25) is 15.3 Å². The fourth-order valence-corrected chi connectivity index (χ4v) is 2.11. The van der Waals surface area contributed by atoms with E-state index in [4.69, 9.17) is 5.11 Å². The molecule has 0 aliphatic heterocycles. The number of allylic oxidation sites excluding steroid dienone is 1. The molecule has 0 aromatic heterocycles. The Morgan fingerprint density at radius 2 is 2.00 bits per heavy atom. The molecule has 6 nitrogen and oxygen atoms in total. The first-order chi connectivity index (χ1) is 10.4. The summed E-state index contributed by atoms with van der Waals surface area (Å²) in [6.07, 6.45) is 3.07. The number of anilines is 1. The molecule has 0 saturated carbocycles. The van der Waals surface area contributed by atoms with E-state index in [0.29, 0.717) is 18.5 Å². The summed E-state index contributed by atoms with van der Waals surface area (Å²) < 4.78 is 0. The molecule has 0 amide bonds. The van der Waals surface area contributed by atoms with Crippen LogP contribution in [-0.2, 0) is 0 Å². The van der Waals surface area contributed by atoms with Crippen LogP contribution < -0.4 is 5.06 Å². The smallest absolute Gasteiger partial charge is 0.269 e. The van der Waals surface area contributed by atoms with Gasteiger partial charge in [0.05, 0.1) is 23.3 Å². The number of aliphatic hydroxyl groups is 1. The van der Waals surface area contributed by atoms with Crippen molar-refractivity contribution < 1.29 is 15.2 Å². The molecule has 0 aliphatic rings. The monoisotopic (exact) mass is 306 g/mol. The predicted molar refractivity (Wildman–Crippen MR) is 86.0 cm³/mol. The number of hydroxylamine groups is 1. The second-order valence-electron chi connectivity index (χ2n) is 5.25. The van der Waals surface area contributed by atoms with Crippen molar-refractivity contribution in [3.63, 3.8) is 0 Å². The largest absolute Gasteiger partial charge is 0.392 e. The lowest BCUT2D eigenvalue weighted by Crippen LogP contribution is -2.33. The summed E-state index contributed by atoms with van der Waals surface area (Å²) in [6.45, 7) is 7.63. The molecule has 1 aromatic rings. The lowest BCUT2D eigenvalue weighted by molar-refractivity contribution is -0.384. The van der Waals surface area contributed by atoms with E-state index in [1.807, 2.05) is 13.8 Å². The Morgan fingerprint density at radius 3 is 2.45 bits per heavy atom. The number of rotatable bonds is 8. The van der Waals surface area contributed by atoms with Crippen LogP contribution in [0.2, 0.25) is 0 Å². The Bertz CT molecular complexity index is 552. The number of nitrogens with zero attached hydrogens (tertiary/aromatic N) is 2. The molecule has 1 aromatic carbocycles. The van der Waals surface area contributed by atoms with E-state index in [9.17, 15) is 15.3 Å². The predicted octanol–water partition coefficient (Wildman–Crippen LogP) is 3.45. The second-order valence-corrected chi connectivity index (χ2v) is 5.25. The third-order valence-corrected chi connectivity index (χ3v) is 3.44. The number of hydrogen-bond donors (Lipinski definition) is 2. The molecule has 2 N–H and O–H groups in total. The molecule has 0 radical (unpaired) electrons. The molecular formula is C16H22N2O4. The fourth-order valence-electron chi connectivity index (χ4n) is 2.11. The van der Waals surface area contributed by atoms with Crippen molar-refractivity contribution in [2.45, 2.75) is 32.7 Å². The minimum absolute atomic E-state index is 0.00520. The van der Waals surface area contributed by atoms with Crippen molar-refractivity contribution in [1.82, 2.24) is 0 Å². The first kappa shape index (κ1) is 17.9. The summed E-state index contributed by atoms with van der Waals surface area (Å²) in [6, 6.07) is 5.41. The number of nitro benzene ring substituents is 1. The highest BCUT2D eigenvalue weighted by atomic mass is 16.6. The van der Waals surface area contributed by atoms with Crippen LogP contribution >= 0.6 is 0 Å². The normalized spacial score (nSPS) is 12.8. The van der Waals surface area contributed by atoms with Crippen molar-refractivity contribution in [3.8, 4) is 0 Å². The summed E-state index contributed by atoms with van der Waals surface area (Å²) in [5.41, 5.74) is 2.27. The Labute approximate surface area is 130 Å². The minimum Gasteiger partial charge on any atom is -0.392 e. The third-order valence-electron chi connectivity index (χ3n) is 3.44. The highest BCUT2D eigenvalue weighted by Crippen LogP contribution is 2.24. The lowest BCUT2D eigenvalue weighted by atomic mass is 10.0. The number of hydrogen-bond acceptors (Lipinski definition) is 5. The van der Waals surface area contributed by atoms with Gasteiger partial charge in [-0.05, 0) is 38.8 Å². The van der Waals surface area contributed by atoms with Crippen LogP contribution in [0.1, 0.15) is 26.7 Å². The molecule has 1 unspecified atom stereocenters. The lowest BCUT2D eigenvalue weighted by Gasteiger charge is -2.28. The molecule has 0 fully saturated rings. The molecular weight excluding hydrogens is 284 g/mol. The Kier molecular flexibility index (Phi) is 6.75. The highest BCUT2D eigenvalue weighted by molar-refractivity contribution is 5.50. The van der Waals surface area contributed by atoms with Gasteiger partial charge in [-0.1, -0.05) is 23.8 Å². The fraction of sp³-hybridized carbons (Fsp3) is 0.375. The van der Waals surface area contributed by atoms with E-state index < -0.39 is 4.92 Å². The van der Waals surface area contributed by atoms with Crippen LogP contribution in [0.4, 0.5) is 11.4 Å². The molecule has 120 valence electrons. The molecule has 6 heteroatoms. The average Bonchev–Trinajstić information content (AvgIpc) is 2.47. The van der Waals surface area contributed by atoms with Gasteiger partial charge in [0.25, 0.3) is 5.69 Å². The van der Waals surface area contributed by atoms with E-state index in [-0.39, 0.29) is 18.3 Å². The van der Waals surface area contributed by atoms with Crippen LogP contribution in [0.15, 0.2) is 48.1 Å². The zero-order valence-corrected chi connectivity index (χ0v) is 12.9. The topological polar surface area (TPSA) is 86.8 Å². The average molecular weight is 306 g/mol. The molecule has 0 bridgehead atoms. The zero-order chi connectivity index (χ0) is 16.7. The van der Waals surface area contributed by atoms with E-state index in [1.165, 1.54) is 24.3 Å². The maximum atomic E-state index is 10.7. The van der Waals surface area contributed by atoms with E-state index in [2.05, 4.69) is 6.58 Å². The highest BCUT2D eigenvalue weighted by Gasteiger charge is 2.19. The van der Waals surface area contributed by atoms with Crippen LogP contribution in [0, 0.1) is 10.1 Å². The van der Waals surface area contributed by atoms with Crippen LogP contribution in [0.3, 0.4) is 0 Å². The standard InChI is InChI=1S/C16H22N2O4/c1-12(2)16(9-4-13(3)10-11-19)17(20)14-5-7-15(8-6-14)18(21)22/h5-8,10,16,19-20H,1,4,9,11H2,2-3H3/b13-10+. The summed E-state index contributed by atoms with van der Waals surface area (Å²) in [7, 11) is 0. The second kappa shape index (κ2) is 8.31. The summed E-state index contributed by atoms with van der Waals surface area (Å²) in [5, 5.41) is 31.0. The van der Waals surface area contributed by atoms with Crippen molar-refractivity contribution in [2.24, 2.45) is 0 Å². The summed E-state index contributed by atoms with van der Waals surface area (Å²) >= 11 is 0. The van der Waals surface area contributed by atoms with Crippen LogP contribution in [0.5, 0.6) is 0 Å². The van der Waals surface area contributed by atoms with E-state index in [0.717, 1.165) is 16.2 Å². The van der Waals surface area contributed by atoms with Gasteiger partial charge < -0.3 is 5.11 Å². The summed E-state index contributed by atoms with van der Waals surface area (Å²) in [5.74, 6) is 0. The van der Waals surface area contributed by atoms with E-state index in [1.54, 1.807) is 6.08 Å². The van der Waals surface area contributed by atoms with Crippen LogP contribution in [0.25, 0.3) is 0 Å². The van der Waals surface area contributed by atoms with Gasteiger partial charge >= 0.3 is 0 Å². The molecule has 1 atom stereocenters. The SMILES string of the molecule is C=C(C)C(CC/C(C)=C/CO)N(O)c1ccc([N+](=O)[O-])cc1. The van der Waals surface area contributed by atoms with Gasteiger partial charge in [0.1, 0.15) is 0 Å². The van der Waals surface area contributed by atoms with Gasteiger partial charge in [-0.15, -0.1) is 0 Å². The third kappa shape index (κ3) is 4.98. The molecule has 1 rings (SSSR count). The number of non-ortho nitro benzene ring substituents is 1. The first-order valence-corrected chi connectivity index (χ1v) is 7.01. The molecule has 0 aliphatic carbocycles. The molecule has 0 heterocycles. The quantitative estimate of drug-likeness (QED) is 0.436.